The van der Waals surface area contributed by atoms with E-state index in [1.807, 2.05) is 6.08 Å². The van der Waals surface area contributed by atoms with E-state index in [1.54, 1.807) is 0 Å². The minimum Gasteiger partial charge on any atom is -0.386 e. The summed E-state index contributed by atoms with van der Waals surface area (Å²) in [5.74, 6) is 2.29. The molecule has 0 aliphatic carbocycles. The summed E-state index contributed by atoms with van der Waals surface area (Å²) in [6.45, 7) is 7.18. The van der Waals surface area contributed by atoms with Crippen molar-refractivity contribution in [2.45, 2.75) is 117 Å². The largest absolute Gasteiger partial charge is 0.386 e. The summed E-state index contributed by atoms with van der Waals surface area (Å²) in [7, 11) is 0. The normalized spacial score (nSPS) is 13.6. The van der Waals surface area contributed by atoms with Gasteiger partial charge in [0.25, 0.3) is 0 Å². The van der Waals surface area contributed by atoms with Gasteiger partial charge in [0.15, 0.2) is 0 Å². The predicted molar refractivity (Wildman–Crippen MR) is 110 cm³/mol. The first kappa shape index (κ1) is 23.3. The van der Waals surface area contributed by atoms with Gasteiger partial charge in [-0.1, -0.05) is 104 Å². The molecular weight excluding hydrogens is 292 g/mol. The Balaban J connectivity index is 3.38. The highest BCUT2D eigenvalue weighted by Crippen LogP contribution is 2.22. The quantitative estimate of drug-likeness (QED) is 0.284. The molecule has 0 fully saturated rings. The van der Waals surface area contributed by atoms with Gasteiger partial charge in [-0.05, 0) is 30.8 Å². The Hall–Kier alpha value is -0.660. The van der Waals surface area contributed by atoms with Crippen molar-refractivity contribution in [3.63, 3.8) is 0 Å². The van der Waals surface area contributed by atoms with E-state index in [4.69, 9.17) is 11.5 Å². The summed E-state index contributed by atoms with van der Waals surface area (Å²) < 4.78 is 0. The predicted octanol–water partition coefficient (Wildman–Crippen LogP) is 6.89. The van der Waals surface area contributed by atoms with Gasteiger partial charge in [-0.2, -0.15) is 0 Å². The van der Waals surface area contributed by atoms with E-state index < -0.39 is 0 Å². The molecule has 0 aromatic heterocycles. The first-order valence-corrected chi connectivity index (χ1v) is 10.8. The Morgan fingerprint density at radius 1 is 0.667 bits per heavy atom. The van der Waals surface area contributed by atoms with Crippen molar-refractivity contribution in [3.8, 4) is 0 Å². The number of allylic oxidation sites excluding steroid dienone is 1. The zero-order valence-electron chi connectivity index (χ0n) is 17.0. The van der Waals surface area contributed by atoms with E-state index in [-0.39, 0.29) is 0 Å². The Kier molecular flexibility index (Phi) is 16.7. The maximum Gasteiger partial charge on any atom is 0.0892 e. The molecule has 0 saturated carbocycles. The molecule has 0 spiro atoms. The number of hydrogen-bond donors (Lipinski definition) is 2. The van der Waals surface area contributed by atoms with E-state index in [0.29, 0.717) is 5.82 Å². The van der Waals surface area contributed by atoms with Gasteiger partial charge in [0.1, 0.15) is 0 Å². The molecule has 0 saturated heterocycles. The Bertz CT molecular complexity index is 282. The van der Waals surface area contributed by atoms with E-state index >= 15 is 0 Å². The van der Waals surface area contributed by atoms with Crippen LogP contribution in [0.3, 0.4) is 0 Å². The van der Waals surface area contributed by atoms with E-state index in [2.05, 4.69) is 20.8 Å². The van der Waals surface area contributed by atoms with E-state index in [0.717, 1.165) is 18.3 Å². The molecule has 24 heavy (non-hydrogen) atoms. The average Bonchev–Trinajstić information content (AvgIpc) is 2.55. The monoisotopic (exact) mass is 338 g/mol. The molecule has 0 aliphatic heterocycles. The van der Waals surface area contributed by atoms with Crippen LogP contribution in [0.4, 0.5) is 0 Å². The Labute approximate surface area is 152 Å². The lowest BCUT2D eigenvalue weighted by Crippen LogP contribution is -2.07. The van der Waals surface area contributed by atoms with Crippen molar-refractivity contribution in [1.82, 2.24) is 0 Å². The van der Waals surface area contributed by atoms with Crippen LogP contribution in [-0.4, -0.2) is 0 Å². The van der Waals surface area contributed by atoms with Crippen LogP contribution in [0.15, 0.2) is 11.9 Å². The van der Waals surface area contributed by atoms with Crippen LogP contribution in [0.5, 0.6) is 0 Å². The number of hydrogen-bond acceptors (Lipinski definition) is 2. The van der Waals surface area contributed by atoms with Crippen molar-refractivity contribution in [1.29, 1.82) is 0 Å². The van der Waals surface area contributed by atoms with Gasteiger partial charge >= 0.3 is 0 Å². The van der Waals surface area contributed by atoms with E-state index in [1.165, 1.54) is 89.9 Å². The standard InChI is InChI=1S/C22H46N2/c1-4-5-6-7-9-12-15-20(2)18-19-21(3)16-13-10-8-11-14-17-22(23)24/h17,20-21H,4-16,18-19,23-24H2,1-3H3. The molecule has 144 valence electrons. The molecule has 2 unspecified atom stereocenters. The minimum absolute atomic E-state index is 0.471. The average molecular weight is 339 g/mol. The zero-order valence-corrected chi connectivity index (χ0v) is 17.0. The molecule has 2 heteroatoms. The van der Waals surface area contributed by atoms with Crippen LogP contribution < -0.4 is 11.5 Å². The molecule has 0 rings (SSSR count). The summed E-state index contributed by atoms with van der Waals surface area (Å²) in [6, 6.07) is 0. The van der Waals surface area contributed by atoms with Gasteiger partial charge in [0.2, 0.25) is 0 Å². The minimum atomic E-state index is 0.471. The fourth-order valence-corrected chi connectivity index (χ4v) is 3.39. The third-order valence-electron chi connectivity index (χ3n) is 5.23. The molecule has 0 bridgehead atoms. The van der Waals surface area contributed by atoms with Gasteiger partial charge in [0.05, 0.1) is 5.82 Å². The second-order valence-corrected chi connectivity index (χ2v) is 8.04. The molecule has 0 aliphatic rings. The summed E-state index contributed by atoms with van der Waals surface area (Å²) in [5, 5.41) is 0. The molecule has 4 N–H and O–H groups in total. The van der Waals surface area contributed by atoms with Crippen LogP contribution in [0.1, 0.15) is 117 Å². The maximum absolute atomic E-state index is 5.43. The summed E-state index contributed by atoms with van der Waals surface area (Å²) in [5.41, 5.74) is 10.9. The van der Waals surface area contributed by atoms with Gasteiger partial charge in [0, 0.05) is 0 Å². The number of unbranched alkanes of at least 4 members (excludes halogenated alkanes) is 9. The second-order valence-electron chi connectivity index (χ2n) is 8.04. The summed E-state index contributed by atoms with van der Waals surface area (Å²) in [6.07, 6.45) is 22.5. The second kappa shape index (κ2) is 17.2. The van der Waals surface area contributed by atoms with Crippen LogP contribution in [0.25, 0.3) is 0 Å². The lowest BCUT2D eigenvalue weighted by Gasteiger charge is -2.15. The van der Waals surface area contributed by atoms with Gasteiger partial charge < -0.3 is 11.5 Å². The summed E-state index contributed by atoms with van der Waals surface area (Å²) >= 11 is 0. The fourth-order valence-electron chi connectivity index (χ4n) is 3.39. The topological polar surface area (TPSA) is 52.0 Å². The van der Waals surface area contributed by atoms with Gasteiger partial charge in [-0.3, -0.25) is 0 Å². The Morgan fingerprint density at radius 3 is 1.62 bits per heavy atom. The highest BCUT2D eigenvalue weighted by molar-refractivity contribution is 4.89. The third-order valence-corrected chi connectivity index (χ3v) is 5.23. The molecule has 0 aromatic rings. The molecule has 0 heterocycles. The van der Waals surface area contributed by atoms with E-state index in [9.17, 15) is 0 Å². The molecule has 2 atom stereocenters. The van der Waals surface area contributed by atoms with Crippen LogP contribution in [0, 0.1) is 11.8 Å². The zero-order chi connectivity index (χ0) is 18.0. The van der Waals surface area contributed by atoms with Crippen LogP contribution in [-0.2, 0) is 0 Å². The first-order valence-electron chi connectivity index (χ1n) is 10.8. The van der Waals surface area contributed by atoms with Crippen molar-refractivity contribution in [2.24, 2.45) is 23.3 Å². The highest BCUT2D eigenvalue weighted by Gasteiger charge is 2.07. The maximum atomic E-state index is 5.43. The number of rotatable bonds is 17. The first-order chi connectivity index (χ1) is 11.6. The SMILES string of the molecule is CCCCCCCCC(C)CCC(C)CCCCCCC=C(N)N. The number of nitrogens with two attached hydrogens (primary N) is 2. The van der Waals surface area contributed by atoms with Crippen LogP contribution >= 0.6 is 0 Å². The lowest BCUT2D eigenvalue weighted by atomic mass is 9.91. The van der Waals surface area contributed by atoms with Crippen molar-refractivity contribution in [2.75, 3.05) is 0 Å². The summed E-state index contributed by atoms with van der Waals surface area (Å²) in [4.78, 5) is 0. The molecule has 2 nitrogen and oxygen atoms in total. The molecule has 0 radical (unpaired) electrons. The van der Waals surface area contributed by atoms with Crippen molar-refractivity contribution >= 4 is 0 Å². The van der Waals surface area contributed by atoms with Gasteiger partial charge in [-0.25, -0.2) is 0 Å². The molecular formula is C22H46N2. The van der Waals surface area contributed by atoms with Crippen molar-refractivity contribution in [3.05, 3.63) is 11.9 Å². The fraction of sp³-hybridized carbons (Fsp3) is 0.909. The van der Waals surface area contributed by atoms with Gasteiger partial charge in [-0.15, -0.1) is 0 Å². The van der Waals surface area contributed by atoms with Crippen LogP contribution in [0.2, 0.25) is 0 Å². The highest BCUT2D eigenvalue weighted by atomic mass is 14.8. The van der Waals surface area contributed by atoms with Crippen molar-refractivity contribution < 1.29 is 0 Å². The molecule has 0 aromatic carbocycles. The smallest absolute Gasteiger partial charge is 0.0892 e. The molecule has 0 amide bonds. The third kappa shape index (κ3) is 17.7. The Morgan fingerprint density at radius 2 is 1.12 bits per heavy atom. The lowest BCUT2D eigenvalue weighted by molar-refractivity contribution is 0.377.